The van der Waals surface area contributed by atoms with Crippen molar-refractivity contribution in [2.45, 2.75) is 38.3 Å². The van der Waals surface area contributed by atoms with E-state index < -0.39 is 6.10 Å². The van der Waals surface area contributed by atoms with Crippen LogP contribution in [0.3, 0.4) is 0 Å². The topological polar surface area (TPSA) is 68.5 Å². The van der Waals surface area contributed by atoms with Crippen LogP contribution < -0.4 is 4.74 Å². The van der Waals surface area contributed by atoms with Crippen LogP contribution in [0.2, 0.25) is 0 Å². The van der Waals surface area contributed by atoms with Gasteiger partial charge in [0.15, 0.2) is 12.0 Å². The molecule has 1 unspecified atom stereocenters. The van der Waals surface area contributed by atoms with Crippen LogP contribution in [0.5, 0.6) is 5.75 Å². The van der Waals surface area contributed by atoms with Crippen LogP contribution in [0, 0.1) is 0 Å². The Bertz CT molecular complexity index is 974. The number of hydrogen-bond donors (Lipinski definition) is 0. The second-order valence-corrected chi connectivity index (χ2v) is 7.27. The van der Waals surface area contributed by atoms with Crippen molar-refractivity contribution in [2.75, 3.05) is 6.54 Å². The number of hydrogen-bond acceptors (Lipinski definition) is 5. The van der Waals surface area contributed by atoms with Crippen LogP contribution >= 0.6 is 0 Å². The largest absolute Gasteiger partial charge is 0.480 e. The quantitative estimate of drug-likeness (QED) is 0.701. The second kappa shape index (κ2) is 7.11. The number of carbonyl (C=O) groups excluding carboxylic acids is 1. The highest BCUT2D eigenvalue weighted by atomic mass is 16.5. The Morgan fingerprint density at radius 2 is 2.11 bits per heavy atom. The van der Waals surface area contributed by atoms with Crippen LogP contribution in [0.1, 0.15) is 28.5 Å². The molecule has 28 heavy (non-hydrogen) atoms. The molecule has 6 heteroatoms. The van der Waals surface area contributed by atoms with Crippen molar-refractivity contribution in [3.63, 3.8) is 0 Å². The molecule has 4 heterocycles. The van der Waals surface area contributed by atoms with Crippen LogP contribution in [-0.2, 0) is 37.0 Å². The highest BCUT2D eigenvalue weighted by Crippen LogP contribution is 2.30. The van der Waals surface area contributed by atoms with Crippen LogP contribution in [0.25, 0.3) is 0 Å². The van der Waals surface area contributed by atoms with Crippen molar-refractivity contribution in [1.29, 1.82) is 0 Å². The molecule has 1 aromatic carbocycles. The highest BCUT2D eigenvalue weighted by molar-refractivity contribution is 5.82. The number of benzene rings is 1. The summed E-state index contributed by atoms with van der Waals surface area (Å²) in [7, 11) is 0. The van der Waals surface area contributed by atoms with E-state index in [1.807, 2.05) is 41.4 Å². The summed E-state index contributed by atoms with van der Waals surface area (Å²) in [6.07, 6.45) is 6.09. The summed E-state index contributed by atoms with van der Waals surface area (Å²) in [5.74, 6) is 2.48. The number of para-hydroxylation sites is 1. The third kappa shape index (κ3) is 3.26. The fourth-order valence-corrected chi connectivity index (χ4v) is 3.87. The van der Waals surface area contributed by atoms with Crippen molar-refractivity contribution in [3.8, 4) is 5.75 Å². The monoisotopic (exact) mass is 375 g/mol. The minimum Gasteiger partial charge on any atom is -0.480 e. The van der Waals surface area contributed by atoms with E-state index in [0.29, 0.717) is 25.9 Å². The summed E-state index contributed by atoms with van der Waals surface area (Å²) in [5, 5.41) is 0. The van der Waals surface area contributed by atoms with Gasteiger partial charge in [-0.15, -0.1) is 0 Å². The second-order valence-electron chi connectivity index (χ2n) is 7.27. The number of nitrogens with zero attached hydrogens (tertiary/aromatic N) is 3. The summed E-state index contributed by atoms with van der Waals surface area (Å²) < 4.78 is 11.8. The van der Waals surface area contributed by atoms with Gasteiger partial charge in [-0.2, -0.15) is 0 Å². The Balaban J connectivity index is 1.23. The number of pyridine rings is 1. The Morgan fingerprint density at radius 3 is 2.96 bits per heavy atom. The third-order valence-corrected chi connectivity index (χ3v) is 5.36. The molecule has 0 bridgehead atoms. The lowest BCUT2D eigenvalue weighted by Gasteiger charge is -2.27. The lowest BCUT2D eigenvalue weighted by Crippen LogP contribution is -2.43. The van der Waals surface area contributed by atoms with Crippen LogP contribution in [0.15, 0.2) is 53.2 Å². The number of oxazole rings is 1. The fourth-order valence-electron chi connectivity index (χ4n) is 3.87. The molecule has 5 rings (SSSR count). The van der Waals surface area contributed by atoms with E-state index in [1.54, 1.807) is 6.20 Å². The zero-order valence-corrected chi connectivity index (χ0v) is 15.5. The van der Waals surface area contributed by atoms with E-state index in [-0.39, 0.29) is 5.91 Å². The maximum absolute atomic E-state index is 12.9. The number of aryl methyl sites for hydroxylation is 2. The standard InChI is InChI=1S/C22H21N3O3/c26-22(20-12-16-5-1-2-6-18(16)27-20)25-11-9-19-17(14-25)24-21(28-19)8-7-15-4-3-10-23-13-15/h1-6,10,13,20H,7-9,11-12,14H2. The molecule has 0 aliphatic carbocycles. The van der Waals surface area contributed by atoms with Crippen molar-refractivity contribution >= 4 is 5.91 Å². The first-order valence-electron chi connectivity index (χ1n) is 9.66. The molecule has 0 radical (unpaired) electrons. The van der Waals surface area contributed by atoms with Gasteiger partial charge in [0.1, 0.15) is 17.2 Å². The van der Waals surface area contributed by atoms with Gasteiger partial charge in [-0.25, -0.2) is 4.98 Å². The van der Waals surface area contributed by atoms with Gasteiger partial charge in [-0.05, 0) is 29.7 Å². The van der Waals surface area contributed by atoms with Gasteiger partial charge in [-0.3, -0.25) is 9.78 Å². The summed E-state index contributed by atoms with van der Waals surface area (Å²) in [5.41, 5.74) is 3.13. The molecule has 6 nitrogen and oxygen atoms in total. The zero-order chi connectivity index (χ0) is 18.9. The van der Waals surface area contributed by atoms with E-state index in [2.05, 4.69) is 16.0 Å². The fraction of sp³-hybridized carbons (Fsp3) is 0.318. The van der Waals surface area contributed by atoms with E-state index in [4.69, 9.17) is 9.15 Å². The summed E-state index contributed by atoms with van der Waals surface area (Å²) in [6.45, 7) is 1.13. The number of fused-ring (bicyclic) bond motifs is 2. The average Bonchev–Trinajstić information content (AvgIpc) is 3.35. The molecule has 0 fully saturated rings. The minimum atomic E-state index is -0.434. The summed E-state index contributed by atoms with van der Waals surface area (Å²) in [6, 6.07) is 11.8. The lowest BCUT2D eigenvalue weighted by atomic mass is 10.1. The Morgan fingerprint density at radius 1 is 1.18 bits per heavy atom. The van der Waals surface area contributed by atoms with Crippen LogP contribution in [0.4, 0.5) is 0 Å². The van der Waals surface area contributed by atoms with Gasteiger partial charge in [0, 0.05) is 38.2 Å². The molecule has 0 saturated heterocycles. The maximum Gasteiger partial charge on any atom is 0.264 e. The van der Waals surface area contributed by atoms with Gasteiger partial charge in [0.2, 0.25) is 0 Å². The zero-order valence-electron chi connectivity index (χ0n) is 15.5. The Labute approximate surface area is 163 Å². The van der Waals surface area contributed by atoms with Gasteiger partial charge >= 0.3 is 0 Å². The molecule has 2 aliphatic heterocycles. The van der Waals surface area contributed by atoms with Crippen molar-refractivity contribution < 1.29 is 13.9 Å². The first-order valence-corrected chi connectivity index (χ1v) is 9.66. The van der Waals surface area contributed by atoms with Gasteiger partial charge in [0.25, 0.3) is 5.91 Å². The molecular formula is C22H21N3O3. The molecule has 0 N–H and O–H groups in total. The average molecular weight is 375 g/mol. The number of rotatable bonds is 4. The van der Waals surface area contributed by atoms with Crippen molar-refractivity contribution in [3.05, 3.63) is 77.3 Å². The molecule has 2 aliphatic rings. The van der Waals surface area contributed by atoms with Gasteiger partial charge in [0.05, 0.1) is 6.54 Å². The van der Waals surface area contributed by atoms with E-state index >= 15 is 0 Å². The molecule has 0 saturated carbocycles. The number of aromatic nitrogens is 2. The summed E-state index contributed by atoms with van der Waals surface area (Å²) in [4.78, 5) is 23.6. The third-order valence-electron chi connectivity index (χ3n) is 5.36. The predicted molar refractivity (Wildman–Crippen MR) is 102 cm³/mol. The lowest BCUT2D eigenvalue weighted by molar-refractivity contribution is -0.139. The molecule has 3 aromatic rings. The van der Waals surface area contributed by atoms with Gasteiger partial charge < -0.3 is 14.1 Å². The number of carbonyl (C=O) groups is 1. The molecule has 0 spiro atoms. The Hall–Kier alpha value is -3.15. The first kappa shape index (κ1) is 17.0. The highest BCUT2D eigenvalue weighted by Gasteiger charge is 2.34. The van der Waals surface area contributed by atoms with Crippen molar-refractivity contribution in [1.82, 2.24) is 14.9 Å². The van der Waals surface area contributed by atoms with Crippen molar-refractivity contribution in [2.24, 2.45) is 0 Å². The molecule has 1 atom stereocenters. The molecule has 1 amide bonds. The van der Waals surface area contributed by atoms with E-state index in [1.165, 1.54) is 0 Å². The SMILES string of the molecule is O=C(C1Cc2ccccc2O1)N1CCc2oc(CCc3cccnc3)nc2C1. The van der Waals surface area contributed by atoms with Crippen LogP contribution in [-0.4, -0.2) is 33.4 Å². The normalized spacial score (nSPS) is 17.7. The number of amides is 1. The Kier molecular flexibility index (Phi) is 4.31. The number of ether oxygens (including phenoxy) is 1. The van der Waals surface area contributed by atoms with Gasteiger partial charge in [-0.1, -0.05) is 24.3 Å². The molecular weight excluding hydrogens is 354 g/mol. The van der Waals surface area contributed by atoms with E-state index in [9.17, 15) is 4.79 Å². The maximum atomic E-state index is 12.9. The summed E-state index contributed by atoms with van der Waals surface area (Å²) >= 11 is 0. The molecule has 2 aromatic heterocycles. The predicted octanol–water partition coefficient (Wildman–Crippen LogP) is 2.74. The molecule has 142 valence electrons. The smallest absolute Gasteiger partial charge is 0.264 e. The minimum absolute atomic E-state index is 0.0294. The first-order chi connectivity index (χ1) is 13.8. The van der Waals surface area contributed by atoms with E-state index in [0.717, 1.165) is 47.1 Å².